The van der Waals surface area contributed by atoms with E-state index in [4.69, 9.17) is 0 Å². The molecule has 4 rings (SSSR count). The monoisotopic (exact) mass is 430 g/mol. The van der Waals surface area contributed by atoms with Crippen LogP contribution in [-0.2, 0) is 4.79 Å². The maximum Gasteiger partial charge on any atom is 0.225 e. The van der Waals surface area contributed by atoms with E-state index in [-0.39, 0.29) is 29.3 Å². The number of aliphatic hydroxyl groups excluding tert-OH is 2. The van der Waals surface area contributed by atoms with Crippen molar-refractivity contribution in [2.24, 2.45) is 51.8 Å². The van der Waals surface area contributed by atoms with Crippen LogP contribution in [0.1, 0.15) is 72.1 Å². The molecule has 0 aliphatic heterocycles. The van der Waals surface area contributed by atoms with Crippen molar-refractivity contribution < 1.29 is 15.0 Å². The van der Waals surface area contributed by atoms with E-state index in [9.17, 15) is 15.0 Å². The third kappa shape index (κ3) is 4.37. The standard InChI is InChI=1S/C26H42N2O3/c1-4-11-27-14-16(2)15-28-25(31)22-13-23-21-7-5-17-12-18(29)6-8-19(17)20(21)9-10-26(23,3)24(22)30/h4,11,14,16-24,29-30H,5-10,12-13,15H2,1-3H3,(H,28,31)/b11-4-,27-14?/t16?,17?,18?,19?,20?,21?,22?,23?,24-,26-/m0/s1. The van der Waals surface area contributed by atoms with E-state index >= 15 is 0 Å². The van der Waals surface area contributed by atoms with Crippen molar-refractivity contribution in [2.45, 2.75) is 84.3 Å². The zero-order chi connectivity index (χ0) is 22.2. The number of aliphatic hydroxyl groups is 2. The summed E-state index contributed by atoms with van der Waals surface area (Å²) in [6.07, 6.45) is 13.4. The molecule has 0 radical (unpaired) electrons. The second-order valence-corrected chi connectivity index (χ2v) is 11.2. The summed E-state index contributed by atoms with van der Waals surface area (Å²) >= 11 is 0. The fraction of sp³-hybridized carbons (Fsp3) is 0.846. The van der Waals surface area contributed by atoms with Gasteiger partial charge < -0.3 is 15.5 Å². The molecule has 1 amide bonds. The summed E-state index contributed by atoms with van der Waals surface area (Å²) in [5.41, 5.74) is -0.136. The number of rotatable bonds is 5. The Morgan fingerprint density at radius 3 is 2.68 bits per heavy atom. The molecule has 174 valence electrons. The smallest absolute Gasteiger partial charge is 0.225 e. The van der Waals surface area contributed by atoms with E-state index in [1.807, 2.05) is 26.1 Å². The highest BCUT2D eigenvalue weighted by molar-refractivity contribution is 5.80. The number of hydrogen-bond donors (Lipinski definition) is 3. The Morgan fingerprint density at radius 1 is 1.13 bits per heavy atom. The molecule has 4 fully saturated rings. The largest absolute Gasteiger partial charge is 0.393 e. The van der Waals surface area contributed by atoms with Crippen LogP contribution in [0.4, 0.5) is 0 Å². The quantitative estimate of drug-likeness (QED) is 0.578. The van der Waals surface area contributed by atoms with Gasteiger partial charge in [0.25, 0.3) is 0 Å². The summed E-state index contributed by atoms with van der Waals surface area (Å²) in [7, 11) is 0. The first-order chi connectivity index (χ1) is 14.8. The van der Waals surface area contributed by atoms with Crippen molar-refractivity contribution >= 4 is 12.1 Å². The molecule has 8 unspecified atom stereocenters. The first-order valence-corrected chi connectivity index (χ1v) is 12.6. The molecule has 0 aromatic rings. The predicted octanol–water partition coefficient (Wildman–Crippen LogP) is 3.94. The lowest BCUT2D eigenvalue weighted by molar-refractivity contribution is -0.130. The molecular weight excluding hydrogens is 388 g/mol. The lowest BCUT2D eigenvalue weighted by Gasteiger charge is -2.55. The Hall–Kier alpha value is -1.20. The van der Waals surface area contributed by atoms with Crippen LogP contribution in [0.3, 0.4) is 0 Å². The van der Waals surface area contributed by atoms with Crippen LogP contribution in [-0.4, -0.2) is 41.1 Å². The molecule has 0 saturated heterocycles. The fourth-order valence-corrected chi connectivity index (χ4v) is 7.83. The van der Waals surface area contributed by atoms with Gasteiger partial charge in [-0.15, -0.1) is 0 Å². The number of aliphatic imine (C=N–C) groups is 1. The minimum Gasteiger partial charge on any atom is -0.393 e. The molecule has 0 spiro atoms. The van der Waals surface area contributed by atoms with Crippen LogP contribution < -0.4 is 5.32 Å². The van der Waals surface area contributed by atoms with Gasteiger partial charge in [0.05, 0.1) is 18.1 Å². The number of carbonyl (C=O) groups is 1. The van der Waals surface area contributed by atoms with Crippen molar-refractivity contribution in [1.29, 1.82) is 0 Å². The number of allylic oxidation sites excluding steroid dienone is 1. The molecule has 0 aromatic carbocycles. The molecule has 4 saturated carbocycles. The minimum atomic E-state index is -0.545. The van der Waals surface area contributed by atoms with Crippen molar-refractivity contribution in [3.8, 4) is 0 Å². The lowest BCUT2D eigenvalue weighted by atomic mass is 9.50. The first-order valence-electron chi connectivity index (χ1n) is 12.6. The summed E-state index contributed by atoms with van der Waals surface area (Å²) in [4.78, 5) is 17.3. The maximum atomic E-state index is 13.0. The van der Waals surface area contributed by atoms with Gasteiger partial charge >= 0.3 is 0 Å². The number of amides is 1. The van der Waals surface area contributed by atoms with Crippen molar-refractivity contribution in [1.82, 2.24) is 5.32 Å². The van der Waals surface area contributed by atoms with Gasteiger partial charge in [-0.25, -0.2) is 0 Å². The van der Waals surface area contributed by atoms with Gasteiger partial charge in [0.2, 0.25) is 5.91 Å². The summed E-state index contributed by atoms with van der Waals surface area (Å²) in [5.74, 6) is 3.12. The molecule has 0 aromatic heterocycles. The molecular formula is C26H42N2O3. The van der Waals surface area contributed by atoms with Crippen molar-refractivity contribution in [2.75, 3.05) is 6.54 Å². The van der Waals surface area contributed by atoms with Crippen LogP contribution in [0.15, 0.2) is 17.3 Å². The molecule has 0 bridgehead atoms. The van der Waals surface area contributed by atoms with Crippen LogP contribution in [0.25, 0.3) is 0 Å². The van der Waals surface area contributed by atoms with Gasteiger partial charge in [-0.2, -0.15) is 0 Å². The van der Waals surface area contributed by atoms with Crippen LogP contribution in [0, 0.1) is 46.8 Å². The van der Waals surface area contributed by atoms with Gasteiger partial charge in [0, 0.05) is 24.9 Å². The summed E-state index contributed by atoms with van der Waals surface area (Å²) in [6.45, 7) is 6.78. The van der Waals surface area contributed by atoms with Gasteiger partial charge in [-0.3, -0.25) is 9.79 Å². The third-order valence-electron chi connectivity index (χ3n) is 9.44. The number of fused-ring (bicyclic) bond motifs is 5. The molecule has 4 aliphatic rings. The summed E-state index contributed by atoms with van der Waals surface area (Å²) in [6, 6.07) is 0. The number of nitrogens with zero attached hydrogens (tertiary/aromatic N) is 1. The second-order valence-electron chi connectivity index (χ2n) is 11.2. The summed E-state index contributed by atoms with van der Waals surface area (Å²) in [5, 5.41) is 24.5. The van der Waals surface area contributed by atoms with E-state index in [2.05, 4.69) is 17.2 Å². The van der Waals surface area contributed by atoms with E-state index in [0.29, 0.717) is 24.3 Å². The lowest BCUT2D eigenvalue weighted by Crippen LogP contribution is -2.50. The van der Waals surface area contributed by atoms with Crippen LogP contribution in [0.5, 0.6) is 0 Å². The van der Waals surface area contributed by atoms with Crippen LogP contribution >= 0.6 is 0 Å². The Morgan fingerprint density at radius 2 is 1.90 bits per heavy atom. The minimum absolute atomic E-state index is 0.0143. The fourth-order valence-electron chi connectivity index (χ4n) is 7.83. The third-order valence-corrected chi connectivity index (χ3v) is 9.44. The zero-order valence-corrected chi connectivity index (χ0v) is 19.5. The SMILES string of the molecule is C/C=C\N=CC(C)CNC(=O)C1CC2C3CCC4CC(O)CCC4C3CC[C@]2(C)[C@H]1O. The summed E-state index contributed by atoms with van der Waals surface area (Å²) < 4.78 is 0. The van der Waals surface area contributed by atoms with Crippen molar-refractivity contribution in [3.05, 3.63) is 12.3 Å². The highest BCUT2D eigenvalue weighted by Gasteiger charge is 2.60. The normalized spacial score (nSPS) is 45.8. The molecule has 4 aliphatic carbocycles. The Balaban J connectivity index is 1.41. The van der Waals surface area contributed by atoms with Gasteiger partial charge in [0.15, 0.2) is 0 Å². The van der Waals surface area contributed by atoms with Gasteiger partial charge in [0.1, 0.15) is 0 Å². The molecule has 5 nitrogen and oxygen atoms in total. The number of nitrogens with one attached hydrogen (secondary N) is 1. The first kappa shape index (κ1) is 23.0. The average molecular weight is 431 g/mol. The second kappa shape index (κ2) is 9.35. The van der Waals surface area contributed by atoms with E-state index < -0.39 is 6.10 Å². The Kier molecular flexibility index (Phi) is 6.93. The molecule has 0 heterocycles. The van der Waals surface area contributed by atoms with Crippen LogP contribution in [0.2, 0.25) is 0 Å². The van der Waals surface area contributed by atoms with E-state index in [0.717, 1.165) is 43.9 Å². The average Bonchev–Trinajstić information content (AvgIpc) is 3.03. The highest BCUT2D eigenvalue weighted by Crippen LogP contribution is 2.63. The van der Waals surface area contributed by atoms with E-state index in [1.165, 1.54) is 19.3 Å². The predicted molar refractivity (Wildman–Crippen MR) is 123 cm³/mol. The van der Waals surface area contributed by atoms with E-state index in [1.54, 1.807) is 6.20 Å². The highest BCUT2D eigenvalue weighted by atomic mass is 16.3. The maximum absolute atomic E-state index is 13.0. The zero-order valence-electron chi connectivity index (χ0n) is 19.5. The molecule has 10 atom stereocenters. The topological polar surface area (TPSA) is 81.9 Å². The number of carbonyl (C=O) groups excluding carboxylic acids is 1. The van der Waals surface area contributed by atoms with Gasteiger partial charge in [-0.1, -0.05) is 19.9 Å². The Labute approximate surface area is 187 Å². The molecule has 3 N–H and O–H groups in total. The molecule has 31 heavy (non-hydrogen) atoms. The molecule has 5 heteroatoms. The number of hydrogen-bond acceptors (Lipinski definition) is 4. The van der Waals surface area contributed by atoms with Crippen molar-refractivity contribution in [3.63, 3.8) is 0 Å². The van der Waals surface area contributed by atoms with Gasteiger partial charge in [-0.05, 0) is 93.3 Å². The Bertz CT molecular complexity index is 707.